The smallest absolute Gasteiger partial charge is 0.306 e. The zero-order valence-electron chi connectivity index (χ0n) is 10.0. The molecule has 0 saturated heterocycles. The van der Waals surface area contributed by atoms with Gasteiger partial charge in [-0.25, -0.2) is 9.37 Å². The molecule has 0 radical (unpaired) electrons. The summed E-state index contributed by atoms with van der Waals surface area (Å²) in [6.07, 6.45) is 2.04. The highest BCUT2D eigenvalue weighted by atomic mass is 19.1. The van der Waals surface area contributed by atoms with Gasteiger partial charge in [0.05, 0.1) is 12.1 Å². The van der Waals surface area contributed by atoms with Crippen LogP contribution in [0, 0.1) is 11.7 Å². The maximum Gasteiger partial charge on any atom is 0.306 e. The highest BCUT2D eigenvalue weighted by Crippen LogP contribution is 2.04. The second-order valence-corrected chi connectivity index (χ2v) is 4.00. The molecule has 0 aliphatic rings. The summed E-state index contributed by atoms with van der Waals surface area (Å²) < 4.78 is 12.6. The number of pyridine rings is 1. The topological polar surface area (TPSA) is 79.3 Å². The number of nitrogens with zero attached hydrogens (tertiary/aromatic N) is 1. The summed E-state index contributed by atoms with van der Waals surface area (Å²) in [6, 6.07) is 2.46. The fraction of sp³-hybridized carbons (Fsp3) is 0.417. The van der Waals surface area contributed by atoms with Crippen LogP contribution in [0.3, 0.4) is 0 Å². The molecule has 1 aromatic heterocycles. The van der Waals surface area contributed by atoms with E-state index in [1.54, 1.807) is 6.92 Å². The van der Waals surface area contributed by atoms with Crippen LogP contribution in [0.2, 0.25) is 0 Å². The van der Waals surface area contributed by atoms with E-state index in [1.807, 2.05) is 0 Å². The van der Waals surface area contributed by atoms with Crippen molar-refractivity contribution >= 4 is 11.9 Å². The number of hydrogen-bond acceptors (Lipinski definition) is 3. The molecular formula is C12H15FN2O3. The third-order valence-electron chi connectivity index (χ3n) is 2.48. The summed E-state index contributed by atoms with van der Waals surface area (Å²) in [7, 11) is 0. The molecule has 0 saturated carbocycles. The molecule has 1 rings (SSSR count). The summed E-state index contributed by atoms with van der Waals surface area (Å²) in [6.45, 7) is 1.99. The largest absolute Gasteiger partial charge is 0.481 e. The first kappa shape index (κ1) is 14.1. The summed E-state index contributed by atoms with van der Waals surface area (Å²) in [5.74, 6) is -2.16. The molecule has 98 valence electrons. The van der Waals surface area contributed by atoms with Crippen molar-refractivity contribution in [2.45, 2.75) is 19.8 Å². The van der Waals surface area contributed by atoms with Crippen LogP contribution in [-0.2, 0) is 4.79 Å². The number of rotatable bonds is 6. The molecule has 1 amide bonds. The number of halogens is 1. The maximum atomic E-state index is 12.6. The maximum absolute atomic E-state index is 12.6. The van der Waals surface area contributed by atoms with Gasteiger partial charge in [0.2, 0.25) is 0 Å². The lowest BCUT2D eigenvalue weighted by Gasteiger charge is -2.07. The second-order valence-electron chi connectivity index (χ2n) is 4.00. The van der Waals surface area contributed by atoms with Crippen LogP contribution in [-0.4, -0.2) is 28.5 Å². The molecule has 0 spiro atoms. The molecule has 0 aromatic carbocycles. The number of carboxylic acids is 1. The van der Waals surface area contributed by atoms with Crippen LogP contribution in [0.15, 0.2) is 18.3 Å². The Morgan fingerprint density at radius 1 is 1.50 bits per heavy atom. The van der Waals surface area contributed by atoms with Gasteiger partial charge in [-0.3, -0.25) is 9.59 Å². The Bertz CT molecular complexity index is 420. The molecule has 1 heterocycles. The number of aromatic nitrogens is 1. The second kappa shape index (κ2) is 6.68. The van der Waals surface area contributed by atoms with Crippen LogP contribution in [0.4, 0.5) is 4.39 Å². The highest BCUT2D eigenvalue weighted by Gasteiger charge is 2.11. The minimum absolute atomic E-state index is 0.141. The van der Waals surface area contributed by atoms with Crippen LogP contribution >= 0.6 is 0 Å². The Morgan fingerprint density at radius 3 is 2.78 bits per heavy atom. The number of carbonyl (C=O) groups is 2. The third kappa shape index (κ3) is 4.48. The zero-order chi connectivity index (χ0) is 13.5. The van der Waals surface area contributed by atoms with Crippen LogP contribution in [0.1, 0.15) is 30.3 Å². The lowest BCUT2D eigenvalue weighted by atomic mass is 10.1. The average molecular weight is 254 g/mol. The number of carbonyl (C=O) groups excluding carboxylic acids is 1. The first-order chi connectivity index (χ1) is 8.50. The standard InChI is InChI=1S/C12H15FN2O3/c1-8(12(17)18)3-2-6-14-11(16)10-5-4-9(13)7-15-10/h4-5,7-8H,2-3,6H2,1H3,(H,14,16)(H,17,18). The zero-order valence-corrected chi connectivity index (χ0v) is 10.0. The monoisotopic (exact) mass is 254 g/mol. The van der Waals surface area contributed by atoms with Crippen molar-refractivity contribution in [1.29, 1.82) is 0 Å². The van der Waals surface area contributed by atoms with E-state index in [9.17, 15) is 14.0 Å². The predicted molar refractivity (Wildman–Crippen MR) is 62.6 cm³/mol. The molecule has 0 bridgehead atoms. The van der Waals surface area contributed by atoms with Gasteiger partial charge in [0.25, 0.3) is 5.91 Å². The van der Waals surface area contributed by atoms with Crippen LogP contribution < -0.4 is 5.32 Å². The fourth-order valence-corrected chi connectivity index (χ4v) is 1.33. The van der Waals surface area contributed by atoms with E-state index in [1.165, 1.54) is 6.07 Å². The van der Waals surface area contributed by atoms with Gasteiger partial charge in [-0.05, 0) is 25.0 Å². The third-order valence-corrected chi connectivity index (χ3v) is 2.48. The number of hydrogen-bond donors (Lipinski definition) is 2. The number of nitrogens with one attached hydrogen (secondary N) is 1. The molecule has 5 nitrogen and oxygen atoms in total. The number of amides is 1. The lowest BCUT2D eigenvalue weighted by Crippen LogP contribution is -2.26. The van der Waals surface area contributed by atoms with E-state index in [0.29, 0.717) is 19.4 Å². The average Bonchev–Trinajstić information content (AvgIpc) is 2.34. The van der Waals surface area contributed by atoms with Crippen molar-refractivity contribution in [3.05, 3.63) is 29.8 Å². The normalized spacial score (nSPS) is 11.9. The van der Waals surface area contributed by atoms with Crippen molar-refractivity contribution in [2.75, 3.05) is 6.54 Å². The molecule has 0 aliphatic heterocycles. The van der Waals surface area contributed by atoms with Crippen molar-refractivity contribution in [1.82, 2.24) is 10.3 Å². The first-order valence-electron chi connectivity index (χ1n) is 5.63. The summed E-state index contributed by atoms with van der Waals surface area (Å²) in [5, 5.41) is 11.3. The minimum atomic E-state index is -0.846. The van der Waals surface area contributed by atoms with E-state index < -0.39 is 23.6 Å². The molecule has 1 aromatic rings. The van der Waals surface area contributed by atoms with Crippen molar-refractivity contribution in [3.63, 3.8) is 0 Å². The molecule has 1 unspecified atom stereocenters. The van der Waals surface area contributed by atoms with Crippen molar-refractivity contribution < 1.29 is 19.1 Å². The molecule has 1 atom stereocenters. The Labute approximate surface area is 104 Å². The van der Waals surface area contributed by atoms with Gasteiger partial charge in [0.1, 0.15) is 11.5 Å². The Balaban J connectivity index is 2.29. The number of aliphatic carboxylic acids is 1. The van der Waals surface area contributed by atoms with Crippen molar-refractivity contribution in [3.8, 4) is 0 Å². The molecule has 0 aliphatic carbocycles. The lowest BCUT2D eigenvalue weighted by molar-refractivity contribution is -0.141. The van der Waals surface area contributed by atoms with Gasteiger partial charge in [0, 0.05) is 6.54 Å². The molecule has 0 fully saturated rings. The number of carboxylic acid groups (broad SMARTS) is 1. The summed E-state index contributed by atoms with van der Waals surface area (Å²) in [5.41, 5.74) is 0.141. The first-order valence-corrected chi connectivity index (χ1v) is 5.63. The van der Waals surface area contributed by atoms with Crippen LogP contribution in [0.25, 0.3) is 0 Å². The van der Waals surface area contributed by atoms with Gasteiger partial charge in [0.15, 0.2) is 0 Å². The van der Waals surface area contributed by atoms with Crippen LogP contribution in [0.5, 0.6) is 0 Å². The Morgan fingerprint density at radius 2 is 2.22 bits per heavy atom. The predicted octanol–water partition coefficient (Wildman–Crippen LogP) is 1.45. The molecular weight excluding hydrogens is 239 g/mol. The van der Waals surface area contributed by atoms with E-state index in [0.717, 1.165) is 12.3 Å². The SMILES string of the molecule is CC(CCCNC(=O)c1ccc(F)cn1)C(=O)O. The van der Waals surface area contributed by atoms with E-state index >= 15 is 0 Å². The molecule has 18 heavy (non-hydrogen) atoms. The minimum Gasteiger partial charge on any atom is -0.481 e. The highest BCUT2D eigenvalue weighted by molar-refractivity contribution is 5.92. The molecule has 6 heteroatoms. The van der Waals surface area contributed by atoms with Gasteiger partial charge in [-0.1, -0.05) is 6.92 Å². The van der Waals surface area contributed by atoms with E-state index in [-0.39, 0.29) is 5.69 Å². The fourth-order valence-electron chi connectivity index (χ4n) is 1.33. The quantitative estimate of drug-likeness (QED) is 0.753. The Kier molecular flexibility index (Phi) is 5.23. The van der Waals surface area contributed by atoms with Gasteiger partial charge < -0.3 is 10.4 Å². The Hall–Kier alpha value is -1.98. The van der Waals surface area contributed by atoms with Gasteiger partial charge in [-0.2, -0.15) is 0 Å². The summed E-state index contributed by atoms with van der Waals surface area (Å²) >= 11 is 0. The van der Waals surface area contributed by atoms with Gasteiger partial charge >= 0.3 is 5.97 Å². The van der Waals surface area contributed by atoms with E-state index in [4.69, 9.17) is 5.11 Å². The summed E-state index contributed by atoms with van der Waals surface area (Å²) in [4.78, 5) is 25.7. The van der Waals surface area contributed by atoms with Crippen molar-refractivity contribution in [2.24, 2.45) is 5.92 Å². The van der Waals surface area contributed by atoms with E-state index in [2.05, 4.69) is 10.3 Å². The molecule has 2 N–H and O–H groups in total. The van der Waals surface area contributed by atoms with Gasteiger partial charge in [-0.15, -0.1) is 0 Å².